The van der Waals surface area contributed by atoms with Crippen molar-refractivity contribution in [1.29, 1.82) is 0 Å². The van der Waals surface area contributed by atoms with Crippen molar-refractivity contribution in [3.8, 4) is 0 Å². The van der Waals surface area contributed by atoms with E-state index in [1.165, 1.54) is 0 Å². The summed E-state index contributed by atoms with van der Waals surface area (Å²) in [7, 11) is 0. The molecule has 0 fully saturated rings. The molecule has 1 heterocycles. The first-order valence-corrected chi connectivity index (χ1v) is 8.37. The molecule has 0 spiro atoms. The number of benzene rings is 2. The largest absolute Gasteiger partial charge is 0.384 e. The number of aliphatic hydroxyl groups is 1. The highest BCUT2D eigenvalue weighted by molar-refractivity contribution is 9.11. The van der Waals surface area contributed by atoms with Gasteiger partial charge in [-0.05, 0) is 35.9 Å². The molecule has 0 aliphatic rings. The van der Waals surface area contributed by atoms with Crippen LogP contribution in [0.5, 0.6) is 0 Å². The Hall–Kier alpha value is -0.890. The van der Waals surface area contributed by atoms with Crippen LogP contribution in [0.25, 0.3) is 11.0 Å². The van der Waals surface area contributed by atoms with Crippen LogP contribution in [-0.2, 0) is 0 Å². The van der Waals surface area contributed by atoms with E-state index in [9.17, 15) is 9.90 Å². The Morgan fingerprint density at radius 3 is 2.10 bits per heavy atom. The molecule has 7 heteroatoms. The van der Waals surface area contributed by atoms with Gasteiger partial charge in [0, 0.05) is 19.0 Å². The molecule has 3 N–H and O–H groups in total. The molecule has 3 aromatic rings. The zero-order valence-corrected chi connectivity index (χ0v) is 15.2. The molecule has 0 aliphatic carbocycles. The minimum absolute atomic E-state index is 0.270. The Morgan fingerprint density at radius 2 is 1.48 bits per heavy atom. The highest BCUT2D eigenvalue weighted by Gasteiger charge is 2.16. The van der Waals surface area contributed by atoms with Crippen LogP contribution < -0.4 is 5.69 Å². The van der Waals surface area contributed by atoms with Crippen molar-refractivity contribution < 1.29 is 5.11 Å². The molecule has 0 radical (unpaired) electrons. The van der Waals surface area contributed by atoms with Gasteiger partial charge in [-0.15, -0.1) is 0 Å². The molecule has 3 rings (SSSR count). The van der Waals surface area contributed by atoms with E-state index in [0.717, 1.165) is 19.0 Å². The number of hydrogen-bond donors (Lipinski definition) is 3. The third kappa shape index (κ3) is 3.01. The number of imidazole rings is 1. The van der Waals surface area contributed by atoms with Crippen molar-refractivity contribution in [2.45, 2.75) is 6.10 Å². The Bertz CT molecular complexity index is 865. The first-order valence-electron chi connectivity index (χ1n) is 5.99. The number of aliphatic hydroxyl groups excluding tert-OH is 1. The van der Waals surface area contributed by atoms with E-state index in [4.69, 9.17) is 0 Å². The summed E-state index contributed by atoms with van der Waals surface area (Å²) in [4.78, 5) is 16.7. The molecular formula is C14H9Br3N2O2. The maximum Gasteiger partial charge on any atom is 0.323 e. The zero-order valence-electron chi connectivity index (χ0n) is 10.5. The second-order valence-corrected chi connectivity index (χ2v) is 7.29. The van der Waals surface area contributed by atoms with Crippen LogP contribution >= 0.6 is 47.8 Å². The lowest BCUT2D eigenvalue weighted by molar-refractivity contribution is 0.219. The number of fused-ring (bicyclic) bond motifs is 1. The summed E-state index contributed by atoms with van der Waals surface area (Å²) in [6.45, 7) is 0. The summed E-state index contributed by atoms with van der Waals surface area (Å²) < 4.78 is 2.48. The molecule has 0 bridgehead atoms. The van der Waals surface area contributed by atoms with Crippen molar-refractivity contribution in [3.63, 3.8) is 0 Å². The minimum Gasteiger partial charge on any atom is -0.384 e. The predicted molar refractivity (Wildman–Crippen MR) is 92.5 cm³/mol. The summed E-state index contributed by atoms with van der Waals surface area (Å²) in [5, 5.41) is 10.6. The van der Waals surface area contributed by atoms with Gasteiger partial charge in [0.15, 0.2) is 0 Å². The molecule has 1 aromatic heterocycles. The number of rotatable bonds is 2. The lowest BCUT2D eigenvalue weighted by Gasteiger charge is -2.14. The maximum absolute atomic E-state index is 11.3. The summed E-state index contributed by atoms with van der Waals surface area (Å²) in [6.07, 6.45) is -0.809. The molecule has 4 nitrogen and oxygen atoms in total. The molecule has 0 saturated carbocycles. The number of hydrogen-bond acceptors (Lipinski definition) is 2. The molecule has 1 atom stereocenters. The maximum atomic E-state index is 11.3. The Labute approximate surface area is 145 Å². The van der Waals surface area contributed by atoms with Gasteiger partial charge in [-0.3, -0.25) is 0 Å². The summed E-state index contributed by atoms with van der Waals surface area (Å²) >= 11 is 10.3. The summed E-state index contributed by atoms with van der Waals surface area (Å²) in [6, 6.07) is 9.14. The van der Waals surface area contributed by atoms with E-state index < -0.39 is 6.10 Å². The predicted octanol–water partition coefficient (Wildman–Crippen LogP) is 4.23. The van der Waals surface area contributed by atoms with Crippen LogP contribution in [0.3, 0.4) is 0 Å². The second kappa shape index (κ2) is 5.72. The number of nitrogens with one attached hydrogen (secondary N) is 2. The SMILES string of the molecule is O=c1[nH]c2cc(Br)c(C(O)c3cc(Br)cc(Br)c3)cc2[nH]1. The topological polar surface area (TPSA) is 68.9 Å². The lowest BCUT2D eigenvalue weighted by atomic mass is 10.0. The fourth-order valence-corrected chi connectivity index (χ4v) is 4.08. The van der Waals surface area contributed by atoms with Gasteiger partial charge < -0.3 is 15.1 Å². The van der Waals surface area contributed by atoms with Gasteiger partial charge in [0.05, 0.1) is 11.0 Å². The minimum atomic E-state index is -0.809. The van der Waals surface area contributed by atoms with E-state index in [2.05, 4.69) is 57.8 Å². The van der Waals surface area contributed by atoms with Gasteiger partial charge in [-0.2, -0.15) is 0 Å². The molecule has 21 heavy (non-hydrogen) atoms. The average molecular weight is 477 g/mol. The highest BCUT2D eigenvalue weighted by atomic mass is 79.9. The molecule has 0 aliphatic heterocycles. The van der Waals surface area contributed by atoms with Crippen LogP contribution in [0.2, 0.25) is 0 Å². The summed E-state index contributed by atoms with van der Waals surface area (Å²) in [5.74, 6) is 0. The zero-order chi connectivity index (χ0) is 15.1. The number of H-pyrrole nitrogens is 2. The molecular weight excluding hydrogens is 468 g/mol. The molecule has 2 aromatic carbocycles. The van der Waals surface area contributed by atoms with Gasteiger partial charge in [-0.1, -0.05) is 47.8 Å². The van der Waals surface area contributed by atoms with Crippen molar-refractivity contribution in [2.24, 2.45) is 0 Å². The van der Waals surface area contributed by atoms with Crippen LogP contribution in [-0.4, -0.2) is 15.1 Å². The van der Waals surface area contributed by atoms with Crippen molar-refractivity contribution >= 4 is 58.8 Å². The Morgan fingerprint density at radius 1 is 0.905 bits per heavy atom. The Kier molecular flexibility index (Phi) is 4.09. The smallest absolute Gasteiger partial charge is 0.323 e. The van der Waals surface area contributed by atoms with Gasteiger partial charge >= 0.3 is 5.69 Å². The normalized spacial score (nSPS) is 12.8. The van der Waals surface area contributed by atoms with Crippen LogP contribution in [0.1, 0.15) is 17.2 Å². The van der Waals surface area contributed by atoms with Crippen molar-refractivity contribution in [1.82, 2.24) is 9.97 Å². The highest BCUT2D eigenvalue weighted by Crippen LogP contribution is 2.33. The third-order valence-corrected chi connectivity index (χ3v) is 4.73. The second-order valence-electron chi connectivity index (χ2n) is 4.60. The van der Waals surface area contributed by atoms with E-state index in [1.54, 1.807) is 12.1 Å². The monoisotopic (exact) mass is 474 g/mol. The standard InChI is InChI=1S/C14H9Br3N2O2/c15-7-1-6(2-8(16)3-7)13(20)9-4-11-12(5-10(9)17)19-14(21)18-11/h1-5,13,20H,(H2,18,19,21). The molecule has 1 unspecified atom stereocenters. The van der Waals surface area contributed by atoms with Gasteiger partial charge in [0.2, 0.25) is 0 Å². The lowest BCUT2D eigenvalue weighted by Crippen LogP contribution is -2.01. The van der Waals surface area contributed by atoms with Gasteiger partial charge in [0.25, 0.3) is 0 Å². The van der Waals surface area contributed by atoms with E-state index in [1.807, 2.05) is 18.2 Å². The third-order valence-electron chi connectivity index (χ3n) is 3.13. The van der Waals surface area contributed by atoms with Crippen LogP contribution in [0.4, 0.5) is 0 Å². The molecule has 0 amide bonds. The Balaban J connectivity index is 2.13. The average Bonchev–Trinajstić information content (AvgIpc) is 2.75. The molecule has 0 saturated heterocycles. The van der Waals surface area contributed by atoms with Gasteiger partial charge in [-0.25, -0.2) is 4.79 Å². The summed E-state index contributed by atoms with van der Waals surface area (Å²) in [5.41, 5.74) is 2.51. The number of aromatic nitrogens is 2. The fraction of sp³-hybridized carbons (Fsp3) is 0.0714. The van der Waals surface area contributed by atoms with Crippen molar-refractivity contribution in [3.05, 3.63) is 65.4 Å². The quantitative estimate of drug-likeness (QED) is 0.518. The van der Waals surface area contributed by atoms with E-state index in [0.29, 0.717) is 16.6 Å². The van der Waals surface area contributed by atoms with Crippen LogP contribution in [0, 0.1) is 0 Å². The van der Waals surface area contributed by atoms with Crippen LogP contribution in [0.15, 0.2) is 48.5 Å². The fourth-order valence-electron chi connectivity index (χ4n) is 2.19. The van der Waals surface area contributed by atoms with Crippen molar-refractivity contribution in [2.75, 3.05) is 0 Å². The van der Waals surface area contributed by atoms with Gasteiger partial charge in [0.1, 0.15) is 6.10 Å². The first kappa shape index (κ1) is 15.0. The van der Waals surface area contributed by atoms with E-state index >= 15 is 0 Å². The molecule has 108 valence electrons. The number of halogens is 3. The number of aromatic amines is 2. The van der Waals surface area contributed by atoms with E-state index in [-0.39, 0.29) is 5.69 Å². The first-order chi connectivity index (χ1) is 9.94.